The van der Waals surface area contributed by atoms with Crippen LogP contribution < -0.4 is 10.6 Å². The largest absolute Gasteiger partial charge is 0.372 e. The number of anilines is 2. The number of ketones is 1. The third-order valence-corrected chi connectivity index (χ3v) is 6.23. The highest BCUT2D eigenvalue weighted by molar-refractivity contribution is 6.01. The molecule has 2 N–H and O–H groups in total. The molecular formula is C27H26N2O. The standard InChI is InChI=1S/C27H26N2O/c1-17-10-12-19(13-11-17)21-15-24-26(25(30)16-21)27(20-7-5-6-18(2)14-20)29-23-9-4-3-8-22(23)28-24/h3-14,21,27-29H,15-16H2,1-2H3/t21-,27+/m1/s1. The molecule has 5 rings (SSSR count). The van der Waals surface area contributed by atoms with Gasteiger partial charge < -0.3 is 10.6 Å². The zero-order valence-electron chi connectivity index (χ0n) is 17.4. The van der Waals surface area contributed by atoms with E-state index in [2.05, 4.69) is 85.1 Å². The summed E-state index contributed by atoms with van der Waals surface area (Å²) in [4.78, 5) is 13.5. The van der Waals surface area contributed by atoms with Crippen molar-refractivity contribution in [2.24, 2.45) is 0 Å². The Bertz CT molecular complexity index is 1140. The Morgan fingerprint density at radius 1 is 0.767 bits per heavy atom. The Morgan fingerprint density at radius 2 is 1.53 bits per heavy atom. The summed E-state index contributed by atoms with van der Waals surface area (Å²) in [7, 11) is 0. The molecule has 1 heterocycles. The van der Waals surface area contributed by atoms with E-state index in [1.165, 1.54) is 16.7 Å². The van der Waals surface area contributed by atoms with Gasteiger partial charge in [-0.3, -0.25) is 4.79 Å². The average Bonchev–Trinajstić information content (AvgIpc) is 2.91. The van der Waals surface area contributed by atoms with E-state index >= 15 is 0 Å². The number of aryl methyl sites for hydroxylation is 2. The van der Waals surface area contributed by atoms with E-state index in [0.29, 0.717) is 6.42 Å². The number of Topliss-reactive ketones (excluding diaryl/α,β-unsaturated/α-hetero) is 1. The monoisotopic (exact) mass is 394 g/mol. The first-order chi connectivity index (χ1) is 14.6. The van der Waals surface area contributed by atoms with E-state index < -0.39 is 0 Å². The molecule has 0 spiro atoms. The van der Waals surface area contributed by atoms with Crippen LogP contribution in [-0.2, 0) is 4.79 Å². The molecular weight excluding hydrogens is 368 g/mol. The molecule has 0 radical (unpaired) electrons. The molecule has 1 aliphatic heterocycles. The van der Waals surface area contributed by atoms with Crippen molar-refractivity contribution in [1.29, 1.82) is 0 Å². The molecule has 2 aliphatic rings. The van der Waals surface area contributed by atoms with Crippen LogP contribution in [-0.4, -0.2) is 5.78 Å². The second-order valence-electron chi connectivity index (χ2n) is 8.49. The lowest BCUT2D eigenvalue weighted by molar-refractivity contribution is -0.116. The van der Waals surface area contributed by atoms with E-state index in [1.54, 1.807) is 0 Å². The molecule has 3 aromatic carbocycles. The Morgan fingerprint density at radius 3 is 2.30 bits per heavy atom. The van der Waals surface area contributed by atoms with Gasteiger partial charge in [0.05, 0.1) is 17.4 Å². The first-order valence-corrected chi connectivity index (χ1v) is 10.6. The molecule has 0 bridgehead atoms. The van der Waals surface area contributed by atoms with Crippen LogP contribution >= 0.6 is 0 Å². The zero-order valence-corrected chi connectivity index (χ0v) is 17.4. The number of carbonyl (C=O) groups excluding carboxylic acids is 1. The minimum Gasteiger partial charge on any atom is -0.372 e. The van der Waals surface area contributed by atoms with E-state index in [4.69, 9.17) is 0 Å². The molecule has 0 saturated carbocycles. The summed E-state index contributed by atoms with van der Waals surface area (Å²) in [5, 5.41) is 7.27. The maximum absolute atomic E-state index is 13.5. The lowest BCUT2D eigenvalue weighted by atomic mass is 9.78. The van der Waals surface area contributed by atoms with Gasteiger partial charge in [-0.25, -0.2) is 0 Å². The van der Waals surface area contributed by atoms with Crippen molar-refractivity contribution in [2.45, 2.75) is 38.6 Å². The van der Waals surface area contributed by atoms with Gasteiger partial charge in [0.25, 0.3) is 0 Å². The van der Waals surface area contributed by atoms with Crippen molar-refractivity contribution in [1.82, 2.24) is 0 Å². The van der Waals surface area contributed by atoms with Gasteiger partial charge in [-0.1, -0.05) is 71.8 Å². The van der Waals surface area contributed by atoms with Crippen LogP contribution in [0.2, 0.25) is 0 Å². The molecule has 0 saturated heterocycles. The Hall–Kier alpha value is -3.33. The fraction of sp³-hybridized carbons (Fsp3) is 0.222. The van der Waals surface area contributed by atoms with Gasteiger partial charge in [0, 0.05) is 17.7 Å². The Balaban J connectivity index is 1.61. The fourth-order valence-corrected chi connectivity index (χ4v) is 4.67. The third kappa shape index (κ3) is 3.41. The lowest BCUT2D eigenvalue weighted by Crippen LogP contribution is -2.26. The third-order valence-electron chi connectivity index (χ3n) is 6.23. The highest BCUT2D eigenvalue weighted by atomic mass is 16.1. The van der Waals surface area contributed by atoms with Gasteiger partial charge in [-0.2, -0.15) is 0 Å². The van der Waals surface area contributed by atoms with E-state index in [0.717, 1.165) is 34.6 Å². The van der Waals surface area contributed by atoms with Crippen molar-refractivity contribution in [3.05, 3.63) is 106 Å². The maximum Gasteiger partial charge on any atom is 0.163 e. The smallest absolute Gasteiger partial charge is 0.163 e. The van der Waals surface area contributed by atoms with Crippen LogP contribution in [0.15, 0.2) is 84.1 Å². The van der Waals surface area contributed by atoms with Crippen molar-refractivity contribution in [3.63, 3.8) is 0 Å². The van der Waals surface area contributed by atoms with Gasteiger partial charge in [0.2, 0.25) is 0 Å². The lowest BCUT2D eigenvalue weighted by Gasteiger charge is -2.30. The molecule has 3 heteroatoms. The number of rotatable bonds is 2. The number of hydrogen-bond acceptors (Lipinski definition) is 3. The average molecular weight is 395 g/mol. The summed E-state index contributed by atoms with van der Waals surface area (Å²) in [6.07, 6.45) is 1.38. The van der Waals surface area contributed by atoms with Crippen LogP contribution in [0.5, 0.6) is 0 Å². The van der Waals surface area contributed by atoms with E-state index in [9.17, 15) is 4.79 Å². The Labute approximate surface area is 177 Å². The quantitative estimate of drug-likeness (QED) is 0.537. The van der Waals surface area contributed by atoms with Crippen LogP contribution in [0.4, 0.5) is 11.4 Å². The molecule has 0 amide bonds. The molecule has 3 nitrogen and oxygen atoms in total. The van der Waals surface area contributed by atoms with Crippen molar-refractivity contribution in [2.75, 3.05) is 10.6 Å². The summed E-state index contributed by atoms with van der Waals surface area (Å²) in [6.45, 7) is 4.19. The number of nitrogens with one attached hydrogen (secondary N) is 2. The first-order valence-electron chi connectivity index (χ1n) is 10.6. The number of carbonyl (C=O) groups is 1. The molecule has 0 unspecified atom stereocenters. The normalized spacial score (nSPS) is 20.5. The summed E-state index contributed by atoms with van der Waals surface area (Å²) in [6, 6.07) is 25.1. The molecule has 2 atom stereocenters. The summed E-state index contributed by atoms with van der Waals surface area (Å²) in [5.74, 6) is 0.425. The number of benzene rings is 3. The number of fused-ring (bicyclic) bond motifs is 1. The first kappa shape index (κ1) is 18.7. The molecule has 1 aliphatic carbocycles. The topological polar surface area (TPSA) is 41.1 Å². The maximum atomic E-state index is 13.5. The summed E-state index contributed by atoms with van der Waals surface area (Å²) < 4.78 is 0. The molecule has 30 heavy (non-hydrogen) atoms. The van der Waals surface area contributed by atoms with Crippen molar-refractivity contribution in [3.8, 4) is 0 Å². The summed E-state index contributed by atoms with van der Waals surface area (Å²) in [5.41, 5.74) is 8.77. The number of para-hydroxylation sites is 2. The zero-order chi connectivity index (χ0) is 20.7. The number of hydrogen-bond donors (Lipinski definition) is 2. The van der Waals surface area contributed by atoms with Crippen LogP contribution in [0.3, 0.4) is 0 Å². The van der Waals surface area contributed by atoms with Crippen LogP contribution in [0.1, 0.15) is 47.1 Å². The molecule has 0 fully saturated rings. The predicted octanol–water partition coefficient (Wildman–Crippen LogP) is 6.28. The molecule has 3 aromatic rings. The van der Waals surface area contributed by atoms with Gasteiger partial charge in [-0.15, -0.1) is 0 Å². The number of allylic oxidation sites excluding steroid dienone is 1. The predicted molar refractivity (Wildman–Crippen MR) is 123 cm³/mol. The molecule has 150 valence electrons. The van der Waals surface area contributed by atoms with E-state index in [1.807, 2.05) is 12.1 Å². The minimum absolute atomic E-state index is 0.150. The van der Waals surface area contributed by atoms with Crippen LogP contribution in [0, 0.1) is 13.8 Å². The SMILES string of the molecule is Cc1ccc([C@H]2CC(=O)C3=C(C2)Nc2ccccc2N[C@H]3c2cccc(C)c2)cc1. The van der Waals surface area contributed by atoms with Crippen molar-refractivity contribution < 1.29 is 4.79 Å². The van der Waals surface area contributed by atoms with Gasteiger partial charge in [-0.05, 0) is 49.4 Å². The highest BCUT2D eigenvalue weighted by Gasteiger charge is 2.35. The second kappa shape index (κ2) is 7.49. The Kier molecular flexibility index (Phi) is 4.66. The van der Waals surface area contributed by atoms with Crippen LogP contribution in [0.25, 0.3) is 0 Å². The van der Waals surface area contributed by atoms with Gasteiger partial charge >= 0.3 is 0 Å². The fourth-order valence-electron chi connectivity index (χ4n) is 4.67. The van der Waals surface area contributed by atoms with E-state index in [-0.39, 0.29) is 17.7 Å². The summed E-state index contributed by atoms with van der Waals surface area (Å²) >= 11 is 0. The van der Waals surface area contributed by atoms with Gasteiger partial charge in [0.1, 0.15) is 0 Å². The van der Waals surface area contributed by atoms with Gasteiger partial charge in [0.15, 0.2) is 5.78 Å². The highest BCUT2D eigenvalue weighted by Crippen LogP contribution is 2.44. The van der Waals surface area contributed by atoms with Crippen molar-refractivity contribution >= 4 is 17.2 Å². The minimum atomic E-state index is -0.150. The molecule has 0 aromatic heterocycles. The second-order valence-corrected chi connectivity index (χ2v) is 8.49.